The van der Waals surface area contributed by atoms with Crippen LogP contribution in [0, 0.1) is 23.2 Å². The van der Waals surface area contributed by atoms with Crippen LogP contribution in [0.15, 0.2) is 40.9 Å². The molecule has 2 aromatic rings. The molecule has 2 aliphatic rings. The Balaban J connectivity index is 1.48. The van der Waals surface area contributed by atoms with E-state index in [1.54, 1.807) is 6.07 Å². The fourth-order valence-corrected chi connectivity index (χ4v) is 6.02. The molecule has 0 unspecified atom stereocenters. The van der Waals surface area contributed by atoms with Crippen molar-refractivity contribution in [2.75, 3.05) is 13.1 Å². The lowest BCUT2D eigenvalue weighted by atomic mass is 9.87. The quantitative estimate of drug-likeness (QED) is 0.256. The van der Waals surface area contributed by atoms with Crippen LogP contribution in [0.3, 0.4) is 0 Å². The minimum absolute atomic E-state index is 0.0583. The van der Waals surface area contributed by atoms with Crippen molar-refractivity contribution in [3.8, 4) is 0 Å². The summed E-state index contributed by atoms with van der Waals surface area (Å²) in [6.07, 6.45) is 5.25. The first-order valence-corrected chi connectivity index (χ1v) is 16.3. The molecule has 1 saturated carbocycles. The molecule has 240 valence electrons. The van der Waals surface area contributed by atoms with Crippen molar-refractivity contribution in [1.29, 1.82) is 0 Å². The van der Waals surface area contributed by atoms with Gasteiger partial charge < -0.3 is 15.2 Å². The van der Waals surface area contributed by atoms with Crippen LogP contribution in [0.1, 0.15) is 101 Å². The second-order valence-electron chi connectivity index (χ2n) is 14.0. The van der Waals surface area contributed by atoms with Crippen molar-refractivity contribution in [1.82, 2.24) is 20.7 Å². The number of hydrogen-bond acceptors (Lipinski definition) is 7. The summed E-state index contributed by atoms with van der Waals surface area (Å²) in [7, 11) is 0. The molecule has 1 saturated heterocycles. The number of nitrogens with one attached hydrogen (secondary N) is 2. The molecule has 0 bridgehead atoms. The molecule has 44 heavy (non-hydrogen) atoms. The summed E-state index contributed by atoms with van der Waals surface area (Å²) in [5.41, 5.74) is 0.696. The van der Waals surface area contributed by atoms with E-state index in [4.69, 9.17) is 4.52 Å². The number of ketones is 2. The fraction of sp³-hybridized carbons (Fsp3) is 0.629. The number of likely N-dealkylation sites (tertiary alicyclic amines) is 1. The van der Waals surface area contributed by atoms with E-state index in [9.17, 15) is 19.2 Å². The van der Waals surface area contributed by atoms with Crippen LogP contribution in [0.2, 0.25) is 0 Å². The number of nitrogens with zero attached hydrogens (tertiary/aromatic N) is 2. The maximum absolute atomic E-state index is 13.8. The molecule has 9 heteroatoms. The zero-order valence-corrected chi connectivity index (χ0v) is 27.1. The van der Waals surface area contributed by atoms with E-state index < -0.39 is 23.9 Å². The lowest BCUT2D eigenvalue weighted by molar-refractivity contribution is -0.134. The van der Waals surface area contributed by atoms with Gasteiger partial charge in [0.25, 0.3) is 5.91 Å². The fourth-order valence-electron chi connectivity index (χ4n) is 6.02. The van der Waals surface area contributed by atoms with Gasteiger partial charge in [-0.2, -0.15) is 0 Å². The Kier molecular flexibility index (Phi) is 11.5. The minimum Gasteiger partial charge on any atom is -0.359 e. The van der Waals surface area contributed by atoms with Crippen molar-refractivity contribution < 1.29 is 23.7 Å². The lowest BCUT2D eigenvalue weighted by Crippen LogP contribution is -2.48. The average molecular weight is 607 g/mol. The van der Waals surface area contributed by atoms with Crippen LogP contribution < -0.4 is 10.6 Å². The molecule has 0 radical (unpaired) electrons. The van der Waals surface area contributed by atoms with Gasteiger partial charge in [0, 0.05) is 23.8 Å². The van der Waals surface area contributed by atoms with Gasteiger partial charge in [-0.25, -0.2) is 0 Å². The van der Waals surface area contributed by atoms with E-state index >= 15 is 0 Å². The number of benzene rings is 1. The molecular formula is C35H50N4O5. The molecule has 2 N–H and O–H groups in total. The molecule has 2 fully saturated rings. The number of carbonyl (C=O) groups is 4. The van der Waals surface area contributed by atoms with Gasteiger partial charge in [-0.3, -0.25) is 24.1 Å². The highest BCUT2D eigenvalue weighted by atomic mass is 16.5. The topological polar surface area (TPSA) is 122 Å². The molecule has 4 rings (SSSR count). The molecule has 1 aliphatic heterocycles. The first kappa shape index (κ1) is 33.6. The van der Waals surface area contributed by atoms with Gasteiger partial charge in [-0.1, -0.05) is 70.1 Å². The summed E-state index contributed by atoms with van der Waals surface area (Å²) >= 11 is 0. The zero-order valence-electron chi connectivity index (χ0n) is 27.1. The second-order valence-corrected chi connectivity index (χ2v) is 14.0. The number of carbonyl (C=O) groups excluding carboxylic acids is 4. The Morgan fingerprint density at radius 2 is 1.57 bits per heavy atom. The molecule has 3 atom stereocenters. The van der Waals surface area contributed by atoms with Crippen LogP contribution in [0.25, 0.3) is 0 Å². The molecule has 9 nitrogen and oxygen atoms in total. The van der Waals surface area contributed by atoms with Crippen LogP contribution >= 0.6 is 0 Å². The van der Waals surface area contributed by atoms with Crippen molar-refractivity contribution in [2.45, 2.75) is 105 Å². The lowest BCUT2D eigenvalue weighted by Gasteiger charge is -2.26. The Morgan fingerprint density at radius 3 is 2.18 bits per heavy atom. The summed E-state index contributed by atoms with van der Waals surface area (Å²) in [5.74, 6) is -0.637. The summed E-state index contributed by atoms with van der Waals surface area (Å²) in [6.45, 7) is 12.6. The molecule has 0 spiro atoms. The predicted octanol–water partition coefficient (Wildman–Crippen LogP) is 5.13. The third-order valence-electron chi connectivity index (χ3n) is 8.85. The summed E-state index contributed by atoms with van der Waals surface area (Å²) < 4.78 is 5.43. The Labute approximate surface area is 261 Å². The minimum atomic E-state index is -0.786. The van der Waals surface area contributed by atoms with E-state index in [1.807, 2.05) is 65.0 Å². The van der Waals surface area contributed by atoms with Gasteiger partial charge in [0.1, 0.15) is 0 Å². The van der Waals surface area contributed by atoms with Gasteiger partial charge in [0.05, 0.1) is 18.6 Å². The zero-order chi connectivity index (χ0) is 31.9. The largest absolute Gasteiger partial charge is 0.359 e. The van der Waals surface area contributed by atoms with Crippen LogP contribution in [-0.4, -0.2) is 58.6 Å². The standard InChI is InChI=1S/C35H50N4O5/c1-23(2)17-28(36-34(43)30-21-27(44-38-30)22-39-15-9-10-16-39)31(40)20-26(19-25-11-7-6-8-12-25)33(42)37-29(18-24(3)4)32(41)35(5)13-14-35/h6-8,11-12,21,23-24,26,28-29H,9-10,13-20,22H2,1-5H3,(H,36,43)(H,37,42)/t26-,28+,29+/m1/s1. The van der Waals surface area contributed by atoms with Crippen molar-refractivity contribution in [2.24, 2.45) is 23.2 Å². The predicted molar refractivity (Wildman–Crippen MR) is 169 cm³/mol. The van der Waals surface area contributed by atoms with E-state index in [0.717, 1.165) is 44.3 Å². The van der Waals surface area contributed by atoms with E-state index in [2.05, 4.69) is 20.7 Å². The van der Waals surface area contributed by atoms with Crippen molar-refractivity contribution in [3.05, 3.63) is 53.4 Å². The first-order chi connectivity index (χ1) is 20.9. The third kappa shape index (κ3) is 9.58. The highest BCUT2D eigenvalue weighted by Gasteiger charge is 2.48. The van der Waals surface area contributed by atoms with E-state index in [-0.39, 0.29) is 46.8 Å². The first-order valence-electron chi connectivity index (χ1n) is 16.3. The average Bonchev–Trinajstić information content (AvgIpc) is 3.33. The van der Waals surface area contributed by atoms with Crippen molar-refractivity contribution >= 4 is 23.4 Å². The van der Waals surface area contributed by atoms with Crippen molar-refractivity contribution in [3.63, 3.8) is 0 Å². The molecule has 1 aromatic carbocycles. The van der Waals surface area contributed by atoms with Crippen LogP contribution in [0.5, 0.6) is 0 Å². The summed E-state index contributed by atoms with van der Waals surface area (Å²) in [6, 6.07) is 9.86. The van der Waals surface area contributed by atoms with E-state index in [1.165, 1.54) is 0 Å². The van der Waals surface area contributed by atoms with Gasteiger partial charge in [-0.05, 0) is 75.4 Å². The highest BCUT2D eigenvalue weighted by molar-refractivity contribution is 5.98. The second kappa shape index (κ2) is 15.1. The highest BCUT2D eigenvalue weighted by Crippen LogP contribution is 2.47. The van der Waals surface area contributed by atoms with E-state index in [0.29, 0.717) is 31.6 Å². The molecular weight excluding hydrogens is 556 g/mol. The third-order valence-corrected chi connectivity index (χ3v) is 8.85. The number of rotatable bonds is 17. The number of aromatic nitrogens is 1. The normalized spacial score (nSPS) is 18.2. The smallest absolute Gasteiger partial charge is 0.274 e. The molecule has 1 aliphatic carbocycles. The molecule has 2 heterocycles. The molecule has 2 amide bonds. The Morgan fingerprint density at radius 1 is 0.932 bits per heavy atom. The number of amides is 2. The maximum Gasteiger partial charge on any atom is 0.274 e. The summed E-state index contributed by atoms with van der Waals surface area (Å²) in [5, 5.41) is 9.90. The monoisotopic (exact) mass is 606 g/mol. The maximum atomic E-state index is 13.8. The van der Waals surface area contributed by atoms with Crippen LogP contribution in [-0.2, 0) is 27.3 Å². The summed E-state index contributed by atoms with van der Waals surface area (Å²) in [4.78, 5) is 56.5. The van der Waals surface area contributed by atoms with Gasteiger partial charge in [0.15, 0.2) is 23.0 Å². The van der Waals surface area contributed by atoms with Gasteiger partial charge in [0.2, 0.25) is 5.91 Å². The SMILES string of the molecule is CC(C)C[C@H](NC(=O)c1cc(CN2CCCC2)on1)C(=O)C[C@@H](Cc1ccccc1)C(=O)N[C@@H](CC(C)C)C(=O)C1(C)CC1. The molecule has 1 aromatic heterocycles. The van der Waals surface area contributed by atoms with Crippen LogP contribution in [0.4, 0.5) is 0 Å². The Hall–Kier alpha value is -3.33. The van der Waals surface area contributed by atoms with Gasteiger partial charge in [-0.15, -0.1) is 0 Å². The Bertz CT molecular complexity index is 1280. The number of Topliss-reactive ketones (excluding diaryl/α,β-unsaturated/α-hetero) is 2. The number of hydrogen-bond donors (Lipinski definition) is 2. The van der Waals surface area contributed by atoms with Gasteiger partial charge >= 0.3 is 0 Å².